The third kappa shape index (κ3) is 6.75. The highest BCUT2D eigenvalue weighted by Crippen LogP contribution is 2.29. The maximum atomic E-state index is 5.34. The summed E-state index contributed by atoms with van der Waals surface area (Å²) in [4.78, 5) is 6.89. The average molecular weight is 363 g/mol. The van der Waals surface area contributed by atoms with Crippen LogP contribution >= 0.6 is 0 Å². The lowest BCUT2D eigenvalue weighted by atomic mass is 10.1. The van der Waals surface area contributed by atoms with Gasteiger partial charge in [-0.3, -0.25) is 4.99 Å². The van der Waals surface area contributed by atoms with E-state index in [1.807, 2.05) is 18.2 Å². The minimum Gasteiger partial charge on any atom is -0.493 e. The van der Waals surface area contributed by atoms with E-state index in [1.165, 1.54) is 51.7 Å². The summed E-state index contributed by atoms with van der Waals surface area (Å²) in [5.74, 6) is 2.19. The van der Waals surface area contributed by atoms with Crippen LogP contribution in [0.3, 0.4) is 0 Å². The number of rotatable bonds is 9. The number of piperidine rings is 1. The molecule has 1 heterocycles. The lowest BCUT2D eigenvalue weighted by molar-refractivity contribution is 0.224. The number of nitrogens with zero attached hydrogens (tertiary/aromatic N) is 2. The molecule has 2 N–H and O–H groups in total. The molecular weight excluding hydrogens is 328 g/mol. The Hall–Kier alpha value is -1.95. The zero-order valence-electron chi connectivity index (χ0n) is 16.5. The lowest BCUT2D eigenvalue weighted by Gasteiger charge is -2.26. The number of hydrogen-bond acceptors (Lipinski definition) is 4. The first-order valence-electron chi connectivity index (χ1n) is 9.69. The Labute approximate surface area is 158 Å². The van der Waals surface area contributed by atoms with Gasteiger partial charge in [0, 0.05) is 25.3 Å². The van der Waals surface area contributed by atoms with Crippen LogP contribution in [0, 0.1) is 0 Å². The van der Waals surface area contributed by atoms with E-state index in [-0.39, 0.29) is 0 Å². The van der Waals surface area contributed by atoms with E-state index < -0.39 is 0 Å². The van der Waals surface area contributed by atoms with Crippen molar-refractivity contribution in [3.63, 3.8) is 0 Å². The summed E-state index contributed by atoms with van der Waals surface area (Å²) in [6, 6.07) is 5.74. The molecule has 1 aliphatic rings. The van der Waals surface area contributed by atoms with Crippen molar-refractivity contribution in [1.82, 2.24) is 10.2 Å². The van der Waals surface area contributed by atoms with Gasteiger partial charge in [0.2, 0.25) is 0 Å². The number of anilines is 1. The smallest absolute Gasteiger partial charge is 0.195 e. The van der Waals surface area contributed by atoms with Gasteiger partial charge in [-0.1, -0.05) is 12.8 Å². The van der Waals surface area contributed by atoms with Crippen molar-refractivity contribution in [2.75, 3.05) is 52.8 Å². The Bertz CT molecular complexity index is 557. The van der Waals surface area contributed by atoms with Gasteiger partial charge in [0.25, 0.3) is 0 Å². The molecule has 1 fully saturated rings. The van der Waals surface area contributed by atoms with E-state index >= 15 is 0 Å². The number of aliphatic imine (C=N–C) groups is 1. The summed E-state index contributed by atoms with van der Waals surface area (Å²) in [7, 11) is 5.06. The van der Waals surface area contributed by atoms with Gasteiger partial charge in [0.15, 0.2) is 17.5 Å². The topological polar surface area (TPSA) is 58.1 Å². The molecule has 0 radical (unpaired) electrons. The molecule has 1 aliphatic heterocycles. The van der Waals surface area contributed by atoms with Crippen LogP contribution in [0.25, 0.3) is 0 Å². The van der Waals surface area contributed by atoms with Crippen molar-refractivity contribution in [1.29, 1.82) is 0 Å². The molecule has 6 nitrogen and oxygen atoms in total. The Morgan fingerprint density at radius 1 is 1.04 bits per heavy atom. The second kappa shape index (κ2) is 11.6. The largest absolute Gasteiger partial charge is 0.493 e. The number of unbranched alkanes of at least 4 members (excludes halogenated alkanes) is 2. The first kappa shape index (κ1) is 20.4. The first-order chi connectivity index (χ1) is 12.8. The Morgan fingerprint density at radius 2 is 1.81 bits per heavy atom. The fourth-order valence-electron chi connectivity index (χ4n) is 3.26. The maximum Gasteiger partial charge on any atom is 0.195 e. The highest BCUT2D eigenvalue weighted by molar-refractivity contribution is 5.93. The van der Waals surface area contributed by atoms with E-state index in [1.54, 1.807) is 21.3 Å². The van der Waals surface area contributed by atoms with Crippen LogP contribution in [0.2, 0.25) is 0 Å². The lowest BCUT2D eigenvalue weighted by Crippen LogP contribution is -2.32. The van der Waals surface area contributed by atoms with E-state index in [9.17, 15) is 0 Å². The molecule has 6 heteroatoms. The van der Waals surface area contributed by atoms with Crippen LogP contribution in [0.5, 0.6) is 11.5 Å². The van der Waals surface area contributed by atoms with Crippen LogP contribution in [0.4, 0.5) is 5.69 Å². The summed E-state index contributed by atoms with van der Waals surface area (Å²) in [5.41, 5.74) is 0.917. The normalized spacial score (nSPS) is 15.6. The van der Waals surface area contributed by atoms with Gasteiger partial charge in [-0.25, -0.2) is 0 Å². The maximum absolute atomic E-state index is 5.34. The molecule has 0 saturated carbocycles. The minimum atomic E-state index is 0.700. The number of nitrogens with one attached hydrogen (secondary N) is 2. The number of methoxy groups -OCH3 is 2. The van der Waals surface area contributed by atoms with Crippen molar-refractivity contribution in [2.45, 2.75) is 38.5 Å². The Balaban J connectivity index is 1.66. The van der Waals surface area contributed by atoms with Gasteiger partial charge < -0.3 is 25.0 Å². The Kier molecular flexibility index (Phi) is 9.10. The van der Waals surface area contributed by atoms with E-state index in [2.05, 4.69) is 20.5 Å². The highest BCUT2D eigenvalue weighted by atomic mass is 16.5. The summed E-state index contributed by atoms with van der Waals surface area (Å²) in [6.45, 7) is 4.76. The van der Waals surface area contributed by atoms with E-state index in [4.69, 9.17) is 9.47 Å². The SMILES string of the molecule is CN=C(NCCCCCN1CCCCC1)Nc1ccc(OC)c(OC)c1. The summed E-state index contributed by atoms with van der Waals surface area (Å²) < 4.78 is 10.6. The summed E-state index contributed by atoms with van der Waals surface area (Å²) in [5, 5.41) is 6.67. The molecule has 1 saturated heterocycles. The molecule has 146 valence electrons. The standard InChI is InChI=1S/C20H34N4O2/c1-21-20(23-17-10-11-18(25-2)19(16-17)26-3)22-12-6-4-7-13-24-14-8-5-9-15-24/h10-11,16H,4-9,12-15H2,1-3H3,(H2,21,22,23). The third-order valence-electron chi connectivity index (χ3n) is 4.76. The molecule has 0 unspecified atom stereocenters. The zero-order valence-corrected chi connectivity index (χ0v) is 16.5. The van der Waals surface area contributed by atoms with Crippen molar-refractivity contribution in [3.05, 3.63) is 18.2 Å². The Morgan fingerprint density at radius 3 is 2.50 bits per heavy atom. The van der Waals surface area contributed by atoms with Gasteiger partial charge in [-0.15, -0.1) is 0 Å². The average Bonchev–Trinajstić information content (AvgIpc) is 2.70. The number of benzene rings is 1. The molecule has 0 amide bonds. The molecule has 0 spiro atoms. The summed E-state index contributed by atoms with van der Waals surface area (Å²) >= 11 is 0. The van der Waals surface area contributed by atoms with Gasteiger partial charge in [0.1, 0.15) is 0 Å². The van der Waals surface area contributed by atoms with Crippen molar-refractivity contribution in [2.24, 2.45) is 4.99 Å². The molecule has 0 atom stereocenters. The fraction of sp³-hybridized carbons (Fsp3) is 0.650. The van der Waals surface area contributed by atoms with Crippen LogP contribution in [-0.2, 0) is 0 Å². The van der Waals surface area contributed by atoms with Gasteiger partial charge in [-0.2, -0.15) is 0 Å². The van der Waals surface area contributed by atoms with E-state index in [0.717, 1.165) is 30.4 Å². The van der Waals surface area contributed by atoms with Gasteiger partial charge in [-0.05, 0) is 57.5 Å². The highest BCUT2D eigenvalue weighted by Gasteiger charge is 2.09. The molecule has 2 rings (SSSR count). The summed E-state index contributed by atoms with van der Waals surface area (Å²) in [6.07, 6.45) is 7.84. The molecule has 0 aromatic heterocycles. The first-order valence-corrected chi connectivity index (χ1v) is 9.69. The second-order valence-electron chi connectivity index (χ2n) is 6.66. The quantitative estimate of drug-likeness (QED) is 0.401. The van der Waals surface area contributed by atoms with Crippen molar-refractivity contribution >= 4 is 11.6 Å². The second-order valence-corrected chi connectivity index (χ2v) is 6.66. The van der Waals surface area contributed by atoms with Crippen molar-refractivity contribution in [3.8, 4) is 11.5 Å². The van der Waals surface area contributed by atoms with Crippen LogP contribution in [0.1, 0.15) is 38.5 Å². The van der Waals surface area contributed by atoms with Crippen molar-refractivity contribution < 1.29 is 9.47 Å². The number of likely N-dealkylation sites (tertiary alicyclic amines) is 1. The van der Waals surface area contributed by atoms with E-state index in [0.29, 0.717) is 5.75 Å². The molecule has 1 aromatic rings. The molecule has 26 heavy (non-hydrogen) atoms. The predicted octanol–water partition coefficient (Wildman–Crippen LogP) is 3.35. The molecule has 1 aromatic carbocycles. The van der Waals surface area contributed by atoms with Gasteiger partial charge in [0.05, 0.1) is 14.2 Å². The van der Waals surface area contributed by atoms with Crippen LogP contribution in [-0.4, -0.2) is 58.3 Å². The van der Waals surface area contributed by atoms with Crippen LogP contribution < -0.4 is 20.1 Å². The third-order valence-corrected chi connectivity index (χ3v) is 4.76. The number of guanidine groups is 1. The van der Waals surface area contributed by atoms with Crippen LogP contribution in [0.15, 0.2) is 23.2 Å². The zero-order chi connectivity index (χ0) is 18.6. The monoisotopic (exact) mass is 362 g/mol. The fourth-order valence-corrected chi connectivity index (χ4v) is 3.26. The predicted molar refractivity (Wildman–Crippen MR) is 109 cm³/mol. The van der Waals surface area contributed by atoms with Gasteiger partial charge >= 0.3 is 0 Å². The molecule has 0 aliphatic carbocycles. The number of hydrogen-bond donors (Lipinski definition) is 2. The minimum absolute atomic E-state index is 0.700. The molecule has 0 bridgehead atoms. The molecular formula is C20H34N4O2. The number of ether oxygens (including phenoxy) is 2.